The smallest absolute Gasteiger partial charge is 0.119 e. The minimum Gasteiger partial charge on any atom is -0.497 e. The first-order valence-corrected chi connectivity index (χ1v) is 5.56. The van der Waals surface area contributed by atoms with Gasteiger partial charge in [-0.15, -0.1) is 0 Å². The molecule has 1 N–H and O–H groups in total. The third-order valence-corrected chi connectivity index (χ3v) is 2.68. The Morgan fingerprint density at radius 1 is 1.33 bits per heavy atom. The highest BCUT2D eigenvalue weighted by Gasteiger charge is 2.10. The summed E-state index contributed by atoms with van der Waals surface area (Å²) in [6, 6.07) is 8.13. The van der Waals surface area contributed by atoms with E-state index in [0.29, 0.717) is 5.92 Å². The number of methoxy groups -OCH3 is 1. The summed E-state index contributed by atoms with van der Waals surface area (Å²) in [6.45, 7) is 2.42. The molecule has 0 fully saturated rings. The third-order valence-electron chi connectivity index (χ3n) is 2.68. The molecule has 0 amide bonds. The Hall–Kier alpha value is -1.02. The van der Waals surface area contributed by atoms with Gasteiger partial charge in [0.15, 0.2) is 0 Å². The van der Waals surface area contributed by atoms with E-state index in [1.807, 2.05) is 12.1 Å². The molecule has 15 heavy (non-hydrogen) atoms. The summed E-state index contributed by atoms with van der Waals surface area (Å²) < 4.78 is 5.20. The summed E-state index contributed by atoms with van der Waals surface area (Å²) in [5.41, 5.74) is 1.27. The molecular formula is C13H20O2. The standard InChI is InChI=1S/C13H20O2/c1-3-5-11(8-9-14)12-6-4-7-13(10-12)15-2/h4,6-7,10-11,14H,3,5,8-9H2,1-2H3. The largest absolute Gasteiger partial charge is 0.497 e. The van der Waals surface area contributed by atoms with Crippen molar-refractivity contribution >= 4 is 0 Å². The van der Waals surface area contributed by atoms with Crippen molar-refractivity contribution in [2.24, 2.45) is 0 Å². The van der Waals surface area contributed by atoms with Gasteiger partial charge >= 0.3 is 0 Å². The zero-order valence-corrected chi connectivity index (χ0v) is 9.57. The van der Waals surface area contributed by atoms with Crippen LogP contribution in [0.1, 0.15) is 37.7 Å². The summed E-state index contributed by atoms with van der Waals surface area (Å²) in [5, 5.41) is 9.02. The molecule has 0 aliphatic heterocycles. The fourth-order valence-corrected chi connectivity index (χ4v) is 1.88. The first kappa shape index (κ1) is 12.1. The molecule has 0 bridgehead atoms. The van der Waals surface area contributed by atoms with Gasteiger partial charge in [-0.2, -0.15) is 0 Å². The molecule has 0 aliphatic carbocycles. The van der Waals surface area contributed by atoms with Crippen LogP contribution in [0.15, 0.2) is 24.3 Å². The maximum Gasteiger partial charge on any atom is 0.119 e. The lowest BCUT2D eigenvalue weighted by atomic mass is 9.92. The van der Waals surface area contributed by atoms with Crippen LogP contribution in [0.5, 0.6) is 5.75 Å². The number of hydrogen-bond acceptors (Lipinski definition) is 2. The van der Waals surface area contributed by atoms with Crippen LogP contribution in [-0.2, 0) is 0 Å². The lowest BCUT2D eigenvalue weighted by Crippen LogP contribution is -2.01. The third kappa shape index (κ3) is 3.56. The van der Waals surface area contributed by atoms with Crippen LogP contribution in [0.3, 0.4) is 0 Å². The number of aliphatic hydroxyl groups is 1. The molecule has 0 aliphatic rings. The zero-order chi connectivity index (χ0) is 11.1. The van der Waals surface area contributed by atoms with E-state index in [4.69, 9.17) is 9.84 Å². The van der Waals surface area contributed by atoms with Crippen molar-refractivity contribution in [1.29, 1.82) is 0 Å². The van der Waals surface area contributed by atoms with Gasteiger partial charge in [-0.3, -0.25) is 0 Å². The quantitative estimate of drug-likeness (QED) is 0.778. The number of aliphatic hydroxyl groups excluding tert-OH is 1. The van der Waals surface area contributed by atoms with Crippen LogP contribution < -0.4 is 4.74 Å². The van der Waals surface area contributed by atoms with E-state index >= 15 is 0 Å². The molecule has 2 nitrogen and oxygen atoms in total. The van der Waals surface area contributed by atoms with Crippen molar-refractivity contribution in [2.45, 2.75) is 32.1 Å². The van der Waals surface area contributed by atoms with Gasteiger partial charge in [0.05, 0.1) is 7.11 Å². The Kier molecular flexibility index (Phi) is 5.19. The molecule has 1 rings (SSSR count). The topological polar surface area (TPSA) is 29.5 Å². The monoisotopic (exact) mass is 208 g/mol. The number of benzene rings is 1. The van der Waals surface area contributed by atoms with Gasteiger partial charge in [-0.1, -0.05) is 25.5 Å². The van der Waals surface area contributed by atoms with E-state index < -0.39 is 0 Å². The van der Waals surface area contributed by atoms with E-state index in [9.17, 15) is 0 Å². The molecule has 1 atom stereocenters. The van der Waals surface area contributed by atoms with Crippen molar-refractivity contribution in [3.63, 3.8) is 0 Å². The lowest BCUT2D eigenvalue weighted by molar-refractivity contribution is 0.272. The number of rotatable bonds is 6. The molecule has 84 valence electrons. The molecule has 0 aromatic heterocycles. The minimum absolute atomic E-state index is 0.252. The van der Waals surface area contributed by atoms with Crippen molar-refractivity contribution < 1.29 is 9.84 Å². The van der Waals surface area contributed by atoms with Crippen LogP contribution in [0.25, 0.3) is 0 Å². The van der Waals surface area contributed by atoms with E-state index in [0.717, 1.165) is 25.0 Å². The van der Waals surface area contributed by atoms with E-state index in [-0.39, 0.29) is 6.61 Å². The van der Waals surface area contributed by atoms with Gasteiger partial charge < -0.3 is 9.84 Å². The van der Waals surface area contributed by atoms with E-state index in [1.54, 1.807) is 7.11 Å². The average molecular weight is 208 g/mol. The summed E-state index contributed by atoms with van der Waals surface area (Å²) in [6.07, 6.45) is 3.09. The second-order valence-electron chi connectivity index (χ2n) is 3.77. The van der Waals surface area contributed by atoms with Crippen molar-refractivity contribution in [3.8, 4) is 5.75 Å². The van der Waals surface area contributed by atoms with E-state index in [2.05, 4.69) is 19.1 Å². The highest BCUT2D eigenvalue weighted by Crippen LogP contribution is 2.27. The van der Waals surface area contributed by atoms with Gasteiger partial charge in [-0.05, 0) is 36.5 Å². The highest BCUT2D eigenvalue weighted by molar-refractivity contribution is 5.30. The number of ether oxygens (including phenoxy) is 1. The SMILES string of the molecule is CCCC(CCO)c1cccc(OC)c1. The van der Waals surface area contributed by atoms with Crippen molar-refractivity contribution in [1.82, 2.24) is 0 Å². The van der Waals surface area contributed by atoms with E-state index in [1.165, 1.54) is 5.56 Å². The fraction of sp³-hybridized carbons (Fsp3) is 0.538. The Balaban J connectivity index is 2.79. The molecule has 0 heterocycles. The molecule has 0 saturated carbocycles. The Morgan fingerprint density at radius 3 is 2.73 bits per heavy atom. The van der Waals surface area contributed by atoms with Crippen molar-refractivity contribution in [2.75, 3.05) is 13.7 Å². The molecule has 1 aromatic carbocycles. The lowest BCUT2D eigenvalue weighted by Gasteiger charge is -2.15. The molecular weight excluding hydrogens is 188 g/mol. The second-order valence-corrected chi connectivity index (χ2v) is 3.77. The number of hydrogen-bond donors (Lipinski definition) is 1. The summed E-state index contributed by atoms with van der Waals surface area (Å²) in [7, 11) is 1.68. The second kappa shape index (κ2) is 6.46. The van der Waals surface area contributed by atoms with Crippen LogP contribution in [0.2, 0.25) is 0 Å². The molecule has 0 spiro atoms. The predicted molar refractivity (Wildman–Crippen MR) is 62.3 cm³/mol. The Bertz CT molecular complexity index is 278. The summed E-state index contributed by atoms with van der Waals surface area (Å²) in [4.78, 5) is 0. The van der Waals surface area contributed by atoms with Crippen LogP contribution in [0.4, 0.5) is 0 Å². The Morgan fingerprint density at radius 2 is 2.13 bits per heavy atom. The predicted octanol–water partition coefficient (Wildman–Crippen LogP) is 2.96. The molecule has 0 saturated heterocycles. The fourth-order valence-electron chi connectivity index (χ4n) is 1.88. The first-order valence-electron chi connectivity index (χ1n) is 5.56. The first-order chi connectivity index (χ1) is 7.31. The summed E-state index contributed by atoms with van der Waals surface area (Å²) in [5.74, 6) is 1.35. The normalized spacial score (nSPS) is 12.5. The van der Waals surface area contributed by atoms with Crippen LogP contribution in [0, 0.1) is 0 Å². The summed E-state index contributed by atoms with van der Waals surface area (Å²) >= 11 is 0. The van der Waals surface area contributed by atoms with Crippen molar-refractivity contribution in [3.05, 3.63) is 29.8 Å². The van der Waals surface area contributed by atoms with Gasteiger partial charge in [0.1, 0.15) is 5.75 Å². The average Bonchev–Trinajstić information content (AvgIpc) is 2.29. The maximum absolute atomic E-state index is 9.02. The zero-order valence-electron chi connectivity index (χ0n) is 9.57. The molecule has 2 heteroatoms. The Labute approximate surface area is 91.9 Å². The molecule has 1 unspecified atom stereocenters. The van der Waals surface area contributed by atoms with Crippen LogP contribution in [-0.4, -0.2) is 18.8 Å². The highest BCUT2D eigenvalue weighted by atomic mass is 16.5. The van der Waals surface area contributed by atoms with Gasteiger partial charge in [0, 0.05) is 6.61 Å². The van der Waals surface area contributed by atoms with Gasteiger partial charge in [0.25, 0.3) is 0 Å². The molecule has 0 radical (unpaired) electrons. The molecule has 1 aromatic rings. The van der Waals surface area contributed by atoms with Crippen LogP contribution >= 0.6 is 0 Å². The van der Waals surface area contributed by atoms with Gasteiger partial charge in [-0.25, -0.2) is 0 Å². The minimum atomic E-state index is 0.252. The van der Waals surface area contributed by atoms with Gasteiger partial charge in [0.2, 0.25) is 0 Å². The maximum atomic E-state index is 9.02.